The van der Waals surface area contributed by atoms with Crippen LogP contribution in [-0.2, 0) is 14.3 Å². The fourth-order valence-corrected chi connectivity index (χ4v) is 0.717. The maximum absolute atomic E-state index is 11.9. The summed E-state index contributed by atoms with van der Waals surface area (Å²) in [4.78, 5) is 21.3. The zero-order valence-electron chi connectivity index (χ0n) is 8.28. The number of ether oxygens (including phenoxy) is 1. The lowest BCUT2D eigenvalue weighted by atomic mass is 10.2. The van der Waals surface area contributed by atoms with Gasteiger partial charge in [-0.2, -0.15) is 26.3 Å². The second-order valence-corrected chi connectivity index (χ2v) is 2.64. The molecule has 0 saturated heterocycles. The first-order valence-corrected chi connectivity index (χ1v) is 4.07. The van der Waals surface area contributed by atoms with Crippen molar-refractivity contribution in [2.24, 2.45) is 0 Å². The quantitative estimate of drug-likeness (QED) is 0.339. The predicted molar refractivity (Wildman–Crippen MR) is 41.8 cm³/mol. The van der Waals surface area contributed by atoms with Crippen LogP contribution >= 0.6 is 0 Å². The summed E-state index contributed by atoms with van der Waals surface area (Å²) in [6.45, 7) is 0.898. The van der Waals surface area contributed by atoms with Gasteiger partial charge in [-0.05, 0) is 6.92 Å². The first kappa shape index (κ1) is 15.5. The molecule has 3 nitrogen and oxygen atoms in total. The van der Waals surface area contributed by atoms with Gasteiger partial charge in [0, 0.05) is 6.08 Å². The van der Waals surface area contributed by atoms with Gasteiger partial charge in [0.1, 0.15) is 5.57 Å². The van der Waals surface area contributed by atoms with Crippen molar-refractivity contribution in [3.8, 4) is 0 Å². The molecular weight excluding hydrogens is 258 g/mol. The van der Waals surface area contributed by atoms with Gasteiger partial charge in [0.15, 0.2) is 0 Å². The molecule has 0 aliphatic carbocycles. The summed E-state index contributed by atoms with van der Waals surface area (Å²) in [5.41, 5.74) is -3.05. The van der Waals surface area contributed by atoms with E-state index in [-0.39, 0.29) is 6.61 Å². The second kappa shape index (κ2) is 5.19. The topological polar surface area (TPSA) is 43.4 Å². The van der Waals surface area contributed by atoms with Crippen molar-refractivity contribution in [3.05, 3.63) is 11.6 Å². The number of hydrogen-bond acceptors (Lipinski definition) is 3. The highest BCUT2D eigenvalue weighted by atomic mass is 19.4. The minimum atomic E-state index is -5.78. The van der Waals surface area contributed by atoms with E-state index in [0.717, 1.165) is 0 Å². The lowest BCUT2D eigenvalue weighted by Crippen LogP contribution is -2.28. The Hall–Kier alpha value is -1.54. The summed E-state index contributed by atoms with van der Waals surface area (Å²) in [7, 11) is 0. The minimum Gasteiger partial charge on any atom is -0.460 e. The molecule has 98 valence electrons. The van der Waals surface area contributed by atoms with Crippen molar-refractivity contribution < 1.29 is 40.7 Å². The van der Waals surface area contributed by atoms with E-state index in [1.54, 1.807) is 0 Å². The number of hydrogen-bond donors (Lipinski definition) is 0. The third kappa shape index (κ3) is 4.87. The van der Waals surface area contributed by atoms with E-state index < -0.39 is 35.8 Å². The van der Waals surface area contributed by atoms with E-state index in [2.05, 4.69) is 4.74 Å². The summed E-state index contributed by atoms with van der Waals surface area (Å²) < 4.78 is 75.6. The molecule has 0 spiro atoms. The molecule has 0 atom stereocenters. The predicted octanol–water partition coefficient (Wildman–Crippen LogP) is 2.17. The number of carbonyl (C=O) groups is 2. The smallest absolute Gasteiger partial charge is 0.421 e. The van der Waals surface area contributed by atoms with Crippen molar-refractivity contribution in [3.63, 3.8) is 0 Å². The van der Waals surface area contributed by atoms with Crippen LogP contribution in [-0.4, -0.2) is 30.7 Å². The van der Waals surface area contributed by atoms with E-state index in [1.807, 2.05) is 0 Å². The minimum absolute atomic E-state index is 0.341. The lowest BCUT2D eigenvalue weighted by molar-refractivity contribution is -0.173. The number of ketones is 1. The highest BCUT2D eigenvalue weighted by Crippen LogP contribution is 2.38. The Morgan fingerprint density at radius 1 is 1.06 bits per heavy atom. The molecular formula is C8H6F6O3. The molecule has 0 aliphatic heterocycles. The van der Waals surface area contributed by atoms with Crippen LogP contribution in [0.15, 0.2) is 11.6 Å². The van der Waals surface area contributed by atoms with Crippen LogP contribution in [0.25, 0.3) is 0 Å². The summed E-state index contributed by atoms with van der Waals surface area (Å²) >= 11 is 0. The first-order valence-electron chi connectivity index (χ1n) is 4.07. The Kier molecular flexibility index (Phi) is 4.72. The fraction of sp³-hybridized carbons (Fsp3) is 0.500. The number of carbonyl (C=O) groups excluding carboxylic acids is 2. The molecule has 0 heterocycles. The zero-order valence-corrected chi connectivity index (χ0v) is 8.28. The van der Waals surface area contributed by atoms with Crippen LogP contribution in [0.5, 0.6) is 0 Å². The molecule has 17 heavy (non-hydrogen) atoms. The van der Waals surface area contributed by atoms with Gasteiger partial charge in [0.2, 0.25) is 0 Å². The van der Waals surface area contributed by atoms with E-state index in [0.29, 0.717) is 0 Å². The van der Waals surface area contributed by atoms with Gasteiger partial charge in [-0.3, -0.25) is 4.79 Å². The molecule has 0 aliphatic rings. The maximum atomic E-state index is 11.9. The highest BCUT2D eigenvalue weighted by molar-refractivity contribution is 6.38. The fourth-order valence-electron chi connectivity index (χ4n) is 0.717. The molecule has 0 N–H and O–H groups in total. The van der Waals surface area contributed by atoms with E-state index in [9.17, 15) is 35.9 Å². The first-order chi connectivity index (χ1) is 7.50. The molecule has 0 radical (unpaired) electrons. The van der Waals surface area contributed by atoms with Gasteiger partial charge in [0.05, 0.1) is 6.61 Å². The average molecular weight is 264 g/mol. The van der Waals surface area contributed by atoms with E-state index in [1.165, 1.54) is 6.92 Å². The van der Waals surface area contributed by atoms with Crippen LogP contribution < -0.4 is 0 Å². The molecule has 0 fully saturated rings. The largest absolute Gasteiger partial charge is 0.460 e. The Morgan fingerprint density at radius 3 is 1.76 bits per heavy atom. The van der Waals surface area contributed by atoms with Crippen LogP contribution in [0.4, 0.5) is 26.3 Å². The monoisotopic (exact) mass is 264 g/mol. The van der Waals surface area contributed by atoms with Crippen molar-refractivity contribution in [1.29, 1.82) is 0 Å². The summed E-state index contributed by atoms with van der Waals surface area (Å²) in [5.74, 6) is -3.80. The average Bonchev–Trinajstić information content (AvgIpc) is 2.10. The summed E-state index contributed by atoms with van der Waals surface area (Å²) in [6, 6.07) is 0. The normalized spacial score (nSPS) is 11.9. The molecule has 0 bridgehead atoms. The Labute approximate surface area is 91.0 Å². The molecule has 0 unspecified atom stereocenters. The third-order valence-electron chi connectivity index (χ3n) is 1.36. The van der Waals surface area contributed by atoms with Crippen LogP contribution in [0.3, 0.4) is 0 Å². The van der Waals surface area contributed by atoms with Crippen molar-refractivity contribution in [2.45, 2.75) is 19.3 Å². The molecule has 0 rings (SSSR count). The standard InChI is InChI=1S/C8H6F6O3/c1-2-17-6(16)4(15)3-5(7(9,10)11)8(12,13)14/h3H,2H2,1H3. The van der Waals surface area contributed by atoms with E-state index >= 15 is 0 Å². The molecule has 0 saturated carbocycles. The van der Waals surface area contributed by atoms with Gasteiger partial charge in [0.25, 0.3) is 5.78 Å². The van der Waals surface area contributed by atoms with Crippen LogP contribution in [0.1, 0.15) is 6.92 Å². The van der Waals surface area contributed by atoms with Gasteiger partial charge in [-0.1, -0.05) is 0 Å². The van der Waals surface area contributed by atoms with Crippen molar-refractivity contribution in [2.75, 3.05) is 6.61 Å². The number of rotatable bonds is 3. The third-order valence-corrected chi connectivity index (χ3v) is 1.36. The van der Waals surface area contributed by atoms with Crippen LogP contribution in [0, 0.1) is 0 Å². The summed E-state index contributed by atoms with van der Waals surface area (Å²) in [6.07, 6.45) is -12.4. The number of alkyl halides is 6. The van der Waals surface area contributed by atoms with Crippen molar-refractivity contribution in [1.82, 2.24) is 0 Å². The second-order valence-electron chi connectivity index (χ2n) is 2.64. The maximum Gasteiger partial charge on any atom is 0.421 e. The number of esters is 1. The Balaban J connectivity index is 5.22. The highest BCUT2D eigenvalue weighted by Gasteiger charge is 2.51. The molecule has 9 heteroatoms. The summed E-state index contributed by atoms with van der Waals surface area (Å²) in [5, 5.41) is 0. The molecule has 0 amide bonds. The molecule has 0 aromatic heterocycles. The number of allylic oxidation sites excluding steroid dienone is 1. The van der Waals surface area contributed by atoms with Gasteiger partial charge >= 0.3 is 18.3 Å². The lowest BCUT2D eigenvalue weighted by Gasteiger charge is -2.14. The van der Waals surface area contributed by atoms with Gasteiger partial charge in [-0.25, -0.2) is 4.79 Å². The Morgan fingerprint density at radius 2 is 1.47 bits per heavy atom. The molecule has 0 aromatic rings. The van der Waals surface area contributed by atoms with E-state index in [4.69, 9.17) is 0 Å². The van der Waals surface area contributed by atoms with Crippen molar-refractivity contribution >= 4 is 11.8 Å². The zero-order chi connectivity index (χ0) is 13.9. The van der Waals surface area contributed by atoms with Gasteiger partial charge < -0.3 is 4.74 Å². The van der Waals surface area contributed by atoms with Crippen LogP contribution in [0.2, 0.25) is 0 Å². The SMILES string of the molecule is CCOC(=O)C(=O)C=C(C(F)(F)F)C(F)(F)F. The Bertz CT molecular complexity index is 322. The van der Waals surface area contributed by atoms with Gasteiger partial charge in [-0.15, -0.1) is 0 Å². The molecule has 0 aromatic carbocycles. The number of halogens is 6.